The zero-order valence-corrected chi connectivity index (χ0v) is 11.8. The van der Waals surface area contributed by atoms with Crippen molar-refractivity contribution in [3.63, 3.8) is 0 Å². The summed E-state index contributed by atoms with van der Waals surface area (Å²) >= 11 is 2.63. The highest BCUT2D eigenvalue weighted by atomic mass is 32.2. The SMILES string of the molecule is COc1ccc(N)c(SCc2csc(C(=O)O)n2)c1. The first-order valence-corrected chi connectivity index (χ1v) is 7.20. The highest BCUT2D eigenvalue weighted by Crippen LogP contribution is 2.31. The third-order valence-corrected chi connectivity index (χ3v) is 4.31. The Bertz CT molecular complexity index is 598. The van der Waals surface area contributed by atoms with E-state index in [0.29, 0.717) is 11.4 Å². The Kier molecular flexibility index (Phi) is 4.28. The third kappa shape index (κ3) is 3.39. The average molecular weight is 296 g/mol. The summed E-state index contributed by atoms with van der Waals surface area (Å²) in [5.41, 5.74) is 7.27. The van der Waals surface area contributed by atoms with Crippen LogP contribution in [0.4, 0.5) is 5.69 Å². The van der Waals surface area contributed by atoms with E-state index < -0.39 is 5.97 Å². The van der Waals surface area contributed by atoms with Gasteiger partial charge in [-0.25, -0.2) is 9.78 Å². The van der Waals surface area contributed by atoms with Gasteiger partial charge in [0.25, 0.3) is 0 Å². The number of thiazole rings is 1. The van der Waals surface area contributed by atoms with E-state index in [1.54, 1.807) is 24.6 Å². The topological polar surface area (TPSA) is 85.4 Å². The van der Waals surface area contributed by atoms with Gasteiger partial charge in [0.1, 0.15) is 5.75 Å². The summed E-state index contributed by atoms with van der Waals surface area (Å²) in [4.78, 5) is 15.6. The second-order valence-electron chi connectivity index (χ2n) is 3.64. The number of nitrogens with zero attached hydrogens (tertiary/aromatic N) is 1. The molecule has 0 aliphatic rings. The van der Waals surface area contributed by atoms with Gasteiger partial charge in [-0.05, 0) is 18.2 Å². The van der Waals surface area contributed by atoms with Crippen LogP contribution in [0.25, 0.3) is 0 Å². The van der Waals surface area contributed by atoms with Gasteiger partial charge in [0.15, 0.2) is 0 Å². The van der Waals surface area contributed by atoms with Crippen molar-refractivity contribution in [3.8, 4) is 5.75 Å². The number of hydrogen-bond acceptors (Lipinski definition) is 6. The monoisotopic (exact) mass is 296 g/mol. The smallest absolute Gasteiger partial charge is 0.365 e. The van der Waals surface area contributed by atoms with Crippen molar-refractivity contribution >= 4 is 34.8 Å². The fraction of sp³-hybridized carbons (Fsp3) is 0.167. The maximum Gasteiger partial charge on any atom is 0.365 e. The molecule has 2 rings (SSSR count). The summed E-state index contributed by atoms with van der Waals surface area (Å²) in [6, 6.07) is 5.43. The summed E-state index contributed by atoms with van der Waals surface area (Å²) in [5, 5.41) is 10.6. The predicted molar refractivity (Wildman–Crippen MR) is 76.0 cm³/mol. The quantitative estimate of drug-likeness (QED) is 0.652. The molecule has 0 amide bonds. The molecule has 0 bridgehead atoms. The van der Waals surface area contributed by atoms with E-state index >= 15 is 0 Å². The van der Waals surface area contributed by atoms with Crippen molar-refractivity contribution in [2.24, 2.45) is 0 Å². The number of nitrogens with two attached hydrogens (primary N) is 1. The molecule has 0 aliphatic carbocycles. The Morgan fingerprint density at radius 3 is 3.00 bits per heavy atom. The van der Waals surface area contributed by atoms with Crippen LogP contribution in [0.5, 0.6) is 5.75 Å². The molecule has 2 aromatic rings. The van der Waals surface area contributed by atoms with Crippen LogP contribution in [-0.2, 0) is 5.75 Å². The number of rotatable bonds is 5. The zero-order valence-electron chi connectivity index (χ0n) is 10.1. The molecule has 0 saturated heterocycles. The minimum Gasteiger partial charge on any atom is -0.497 e. The first-order chi connectivity index (χ1) is 9.10. The number of nitrogen functional groups attached to an aromatic ring is 1. The molecule has 0 unspecified atom stereocenters. The van der Waals surface area contributed by atoms with Gasteiger partial charge in [-0.2, -0.15) is 0 Å². The Morgan fingerprint density at radius 1 is 1.58 bits per heavy atom. The van der Waals surface area contributed by atoms with Gasteiger partial charge >= 0.3 is 5.97 Å². The molecule has 0 spiro atoms. The van der Waals surface area contributed by atoms with E-state index in [9.17, 15) is 4.79 Å². The fourth-order valence-electron chi connectivity index (χ4n) is 1.39. The number of ether oxygens (including phenoxy) is 1. The van der Waals surface area contributed by atoms with E-state index in [4.69, 9.17) is 15.6 Å². The van der Waals surface area contributed by atoms with E-state index in [2.05, 4.69) is 4.98 Å². The lowest BCUT2D eigenvalue weighted by molar-refractivity contribution is 0.0696. The summed E-state index contributed by atoms with van der Waals surface area (Å²) < 4.78 is 5.14. The van der Waals surface area contributed by atoms with Crippen molar-refractivity contribution in [3.05, 3.63) is 34.3 Å². The van der Waals surface area contributed by atoms with Crippen molar-refractivity contribution in [2.45, 2.75) is 10.6 Å². The van der Waals surface area contributed by atoms with Crippen molar-refractivity contribution in [1.82, 2.24) is 4.98 Å². The maximum absolute atomic E-state index is 10.7. The number of aromatic carboxylic acids is 1. The van der Waals surface area contributed by atoms with Crippen molar-refractivity contribution < 1.29 is 14.6 Å². The van der Waals surface area contributed by atoms with Crippen LogP contribution in [0.1, 0.15) is 15.5 Å². The predicted octanol–water partition coefficient (Wildman–Crippen LogP) is 2.72. The number of methoxy groups -OCH3 is 1. The Labute approximate surface area is 118 Å². The molecule has 0 radical (unpaired) electrons. The molecule has 0 fully saturated rings. The number of benzene rings is 1. The van der Waals surface area contributed by atoms with Crippen LogP contribution >= 0.6 is 23.1 Å². The van der Waals surface area contributed by atoms with E-state index in [1.807, 2.05) is 6.07 Å². The van der Waals surface area contributed by atoms with Gasteiger partial charge < -0.3 is 15.6 Å². The number of anilines is 1. The Balaban J connectivity index is 2.07. The lowest BCUT2D eigenvalue weighted by Crippen LogP contribution is -1.95. The maximum atomic E-state index is 10.7. The lowest BCUT2D eigenvalue weighted by Gasteiger charge is -2.06. The molecule has 1 aromatic carbocycles. The van der Waals surface area contributed by atoms with E-state index in [0.717, 1.165) is 27.7 Å². The minimum absolute atomic E-state index is 0.106. The van der Waals surface area contributed by atoms with Gasteiger partial charge in [-0.15, -0.1) is 23.1 Å². The summed E-state index contributed by atoms with van der Waals surface area (Å²) in [6.07, 6.45) is 0. The number of carboxylic acid groups (broad SMARTS) is 1. The van der Waals surface area contributed by atoms with Gasteiger partial charge in [0.05, 0.1) is 12.8 Å². The first-order valence-electron chi connectivity index (χ1n) is 5.34. The normalized spacial score (nSPS) is 10.4. The average Bonchev–Trinajstić information content (AvgIpc) is 2.87. The molecule has 7 heteroatoms. The molecule has 0 aliphatic heterocycles. The molecule has 5 nitrogen and oxygen atoms in total. The number of thioether (sulfide) groups is 1. The summed E-state index contributed by atoms with van der Waals surface area (Å²) in [7, 11) is 1.60. The summed E-state index contributed by atoms with van der Waals surface area (Å²) in [6.45, 7) is 0. The molecule has 19 heavy (non-hydrogen) atoms. The number of aromatic nitrogens is 1. The number of hydrogen-bond donors (Lipinski definition) is 2. The lowest BCUT2D eigenvalue weighted by atomic mass is 10.3. The van der Waals surface area contributed by atoms with Crippen LogP contribution in [0.2, 0.25) is 0 Å². The van der Waals surface area contributed by atoms with E-state index in [1.165, 1.54) is 11.8 Å². The summed E-state index contributed by atoms with van der Waals surface area (Å²) in [5.74, 6) is 0.310. The van der Waals surface area contributed by atoms with Gasteiger partial charge in [-0.3, -0.25) is 0 Å². The molecule has 3 N–H and O–H groups in total. The van der Waals surface area contributed by atoms with Crippen molar-refractivity contribution in [1.29, 1.82) is 0 Å². The molecule has 100 valence electrons. The molecule has 0 atom stereocenters. The first kappa shape index (κ1) is 13.7. The number of carbonyl (C=O) groups is 1. The largest absolute Gasteiger partial charge is 0.497 e. The van der Waals surface area contributed by atoms with Gasteiger partial charge in [0.2, 0.25) is 5.01 Å². The number of carboxylic acids is 1. The fourth-order valence-corrected chi connectivity index (χ4v) is 3.04. The second kappa shape index (κ2) is 5.94. The van der Waals surface area contributed by atoms with Crippen molar-refractivity contribution in [2.75, 3.05) is 12.8 Å². The van der Waals surface area contributed by atoms with Crippen LogP contribution in [0.15, 0.2) is 28.5 Å². The second-order valence-corrected chi connectivity index (χ2v) is 5.52. The van der Waals surface area contributed by atoms with Crippen LogP contribution in [0.3, 0.4) is 0 Å². The highest BCUT2D eigenvalue weighted by Gasteiger charge is 2.10. The van der Waals surface area contributed by atoms with E-state index in [-0.39, 0.29) is 5.01 Å². The van der Waals surface area contributed by atoms with Crippen LogP contribution in [0, 0.1) is 0 Å². The zero-order chi connectivity index (χ0) is 13.8. The van der Waals surface area contributed by atoms with Crippen LogP contribution in [-0.4, -0.2) is 23.2 Å². The standard InChI is InChI=1S/C12H12N2O3S2/c1-17-8-2-3-9(13)10(4-8)18-5-7-6-19-11(14-7)12(15)16/h2-4,6H,5,13H2,1H3,(H,15,16). The molecule has 1 aromatic heterocycles. The highest BCUT2D eigenvalue weighted by molar-refractivity contribution is 7.98. The Morgan fingerprint density at radius 2 is 2.37 bits per heavy atom. The Hall–Kier alpha value is -1.73. The minimum atomic E-state index is -0.998. The third-order valence-electron chi connectivity index (χ3n) is 2.33. The molecule has 0 saturated carbocycles. The van der Waals surface area contributed by atoms with Crippen LogP contribution < -0.4 is 10.5 Å². The molecule has 1 heterocycles. The van der Waals surface area contributed by atoms with Gasteiger partial charge in [0, 0.05) is 21.7 Å². The van der Waals surface area contributed by atoms with Gasteiger partial charge in [-0.1, -0.05) is 0 Å². The molecular weight excluding hydrogens is 284 g/mol. The molecular formula is C12H12N2O3S2.